The normalized spacial score (nSPS) is 10.5. The Morgan fingerprint density at radius 2 is 2.29 bits per heavy atom. The van der Waals surface area contributed by atoms with Crippen molar-refractivity contribution in [3.63, 3.8) is 0 Å². The maximum Gasteiger partial charge on any atom is 0.351 e. The molecule has 0 saturated heterocycles. The summed E-state index contributed by atoms with van der Waals surface area (Å²) in [4.78, 5) is 19.3. The third-order valence-electron chi connectivity index (χ3n) is 2.97. The van der Waals surface area contributed by atoms with Gasteiger partial charge in [0.2, 0.25) is 0 Å². The van der Waals surface area contributed by atoms with Crippen LogP contribution in [0.25, 0.3) is 20.9 Å². The van der Waals surface area contributed by atoms with Crippen LogP contribution in [0.5, 0.6) is 5.75 Å². The summed E-state index contributed by atoms with van der Waals surface area (Å²) in [5, 5.41) is 10.5. The standard InChI is InChI=1S/C14H9N3O3S/c1-15-8-3-4-10-9(5-8)16-7-17(10)12-6-11(18)13(21-12)14(19)20-2/h3-7,18H,2H3. The molecule has 0 aliphatic rings. The van der Waals surface area contributed by atoms with Gasteiger partial charge in [-0.1, -0.05) is 6.07 Å². The summed E-state index contributed by atoms with van der Waals surface area (Å²) < 4.78 is 6.37. The smallest absolute Gasteiger partial charge is 0.351 e. The first-order chi connectivity index (χ1) is 10.1. The third kappa shape index (κ3) is 2.11. The highest BCUT2D eigenvalue weighted by Crippen LogP contribution is 2.33. The van der Waals surface area contributed by atoms with Crippen LogP contribution in [-0.2, 0) is 4.74 Å². The van der Waals surface area contributed by atoms with Crippen LogP contribution < -0.4 is 0 Å². The van der Waals surface area contributed by atoms with E-state index in [2.05, 4.69) is 14.6 Å². The van der Waals surface area contributed by atoms with Crippen LogP contribution in [0, 0.1) is 6.57 Å². The molecule has 0 amide bonds. The van der Waals surface area contributed by atoms with Crippen LogP contribution in [0.4, 0.5) is 5.69 Å². The number of methoxy groups -OCH3 is 1. The van der Waals surface area contributed by atoms with Crippen molar-refractivity contribution in [3.8, 4) is 10.8 Å². The van der Waals surface area contributed by atoms with Gasteiger partial charge in [0.1, 0.15) is 17.1 Å². The van der Waals surface area contributed by atoms with Crippen LogP contribution in [0.3, 0.4) is 0 Å². The van der Waals surface area contributed by atoms with Crippen molar-refractivity contribution in [3.05, 3.63) is 46.9 Å². The van der Waals surface area contributed by atoms with Crippen molar-refractivity contribution in [2.24, 2.45) is 0 Å². The average molecular weight is 299 g/mol. The van der Waals surface area contributed by atoms with E-state index in [0.717, 1.165) is 16.9 Å². The number of esters is 1. The van der Waals surface area contributed by atoms with Gasteiger partial charge in [-0.05, 0) is 12.1 Å². The van der Waals surface area contributed by atoms with Crippen LogP contribution in [0.1, 0.15) is 9.67 Å². The zero-order valence-electron chi connectivity index (χ0n) is 10.9. The largest absolute Gasteiger partial charge is 0.506 e. The second-order valence-electron chi connectivity index (χ2n) is 4.19. The molecule has 7 heteroatoms. The number of hydrogen-bond acceptors (Lipinski definition) is 5. The molecule has 21 heavy (non-hydrogen) atoms. The average Bonchev–Trinajstić information content (AvgIpc) is 3.08. The van der Waals surface area contributed by atoms with Crippen LogP contribution in [-0.4, -0.2) is 27.7 Å². The van der Waals surface area contributed by atoms with E-state index in [9.17, 15) is 9.90 Å². The minimum Gasteiger partial charge on any atom is -0.506 e. The number of rotatable bonds is 2. The first-order valence-corrected chi connectivity index (χ1v) is 6.71. The number of aromatic nitrogens is 2. The third-order valence-corrected chi connectivity index (χ3v) is 4.07. The summed E-state index contributed by atoms with van der Waals surface area (Å²) in [6.45, 7) is 7.00. The fourth-order valence-corrected chi connectivity index (χ4v) is 2.93. The molecule has 0 radical (unpaired) electrons. The molecule has 2 heterocycles. The second-order valence-corrected chi connectivity index (χ2v) is 5.22. The fraction of sp³-hybridized carbons (Fsp3) is 0.0714. The lowest BCUT2D eigenvalue weighted by atomic mass is 10.3. The fourth-order valence-electron chi connectivity index (χ4n) is 1.97. The summed E-state index contributed by atoms with van der Waals surface area (Å²) in [5.74, 6) is -0.704. The predicted molar refractivity (Wildman–Crippen MR) is 78.2 cm³/mol. The summed E-state index contributed by atoms with van der Waals surface area (Å²) >= 11 is 1.11. The molecule has 3 aromatic rings. The molecule has 0 unspecified atom stereocenters. The van der Waals surface area contributed by atoms with Crippen LogP contribution in [0.15, 0.2) is 30.6 Å². The molecule has 6 nitrogen and oxygen atoms in total. The quantitative estimate of drug-likeness (QED) is 0.583. The van der Waals surface area contributed by atoms with E-state index in [1.54, 1.807) is 29.1 Å². The second kappa shape index (κ2) is 4.92. The maximum absolute atomic E-state index is 11.5. The summed E-state index contributed by atoms with van der Waals surface area (Å²) in [5.41, 5.74) is 1.98. The lowest BCUT2D eigenvalue weighted by Gasteiger charge is -1.99. The molecule has 104 valence electrons. The molecule has 3 rings (SSSR count). The van der Waals surface area contributed by atoms with Crippen molar-refractivity contribution in [2.45, 2.75) is 0 Å². The van der Waals surface area contributed by atoms with Crippen molar-refractivity contribution >= 4 is 34.0 Å². The lowest BCUT2D eigenvalue weighted by molar-refractivity contribution is 0.0603. The van der Waals surface area contributed by atoms with Crippen molar-refractivity contribution in [1.82, 2.24) is 9.55 Å². The predicted octanol–water partition coefficient (Wildman–Crippen LogP) is 3.13. The van der Waals surface area contributed by atoms with Crippen molar-refractivity contribution in [1.29, 1.82) is 0 Å². The highest BCUT2D eigenvalue weighted by Gasteiger charge is 2.18. The van der Waals surface area contributed by atoms with Gasteiger partial charge in [-0.2, -0.15) is 0 Å². The van der Waals surface area contributed by atoms with E-state index in [1.165, 1.54) is 13.2 Å². The molecule has 0 fully saturated rings. The molecule has 0 spiro atoms. The monoisotopic (exact) mass is 299 g/mol. The van der Waals surface area contributed by atoms with Gasteiger partial charge in [-0.25, -0.2) is 14.6 Å². The van der Waals surface area contributed by atoms with Crippen LogP contribution >= 0.6 is 11.3 Å². The number of hydrogen-bond donors (Lipinski definition) is 1. The molecule has 1 N–H and O–H groups in total. The van der Waals surface area contributed by atoms with E-state index in [-0.39, 0.29) is 10.6 Å². The first-order valence-electron chi connectivity index (χ1n) is 5.90. The Hall–Kier alpha value is -2.85. The van der Waals surface area contributed by atoms with Gasteiger partial charge in [0.05, 0.1) is 24.7 Å². The van der Waals surface area contributed by atoms with Crippen molar-refractivity contribution < 1.29 is 14.6 Å². The Morgan fingerprint density at radius 1 is 1.48 bits per heavy atom. The van der Waals surface area contributed by atoms with E-state index < -0.39 is 5.97 Å². The van der Waals surface area contributed by atoms with Gasteiger partial charge in [-0.15, -0.1) is 11.3 Å². The first kappa shape index (κ1) is 13.1. The summed E-state index contributed by atoms with van der Waals surface area (Å²) in [7, 11) is 1.26. The van der Waals surface area contributed by atoms with E-state index >= 15 is 0 Å². The van der Waals surface area contributed by atoms with Gasteiger partial charge in [0, 0.05) is 6.07 Å². The molecule has 0 saturated carbocycles. The summed E-state index contributed by atoms with van der Waals surface area (Å²) in [6, 6.07) is 6.65. The SMILES string of the molecule is [C-]#[N+]c1ccc2c(c1)ncn2-c1cc(O)c(C(=O)OC)s1. The van der Waals surface area contributed by atoms with Gasteiger partial charge < -0.3 is 9.84 Å². The Bertz CT molecular complexity index is 889. The van der Waals surface area contributed by atoms with Crippen molar-refractivity contribution in [2.75, 3.05) is 7.11 Å². The number of carbonyl (C=O) groups excluding carboxylic acids is 1. The Balaban J connectivity index is 2.13. The molecule has 1 aromatic carbocycles. The Labute approximate surface area is 123 Å². The van der Waals surface area contributed by atoms with E-state index in [1.807, 2.05) is 0 Å². The zero-order valence-corrected chi connectivity index (χ0v) is 11.7. The number of thiophene rings is 1. The minimum atomic E-state index is -0.580. The number of ether oxygens (including phenoxy) is 1. The number of fused-ring (bicyclic) bond motifs is 1. The molecule has 0 aliphatic heterocycles. The maximum atomic E-state index is 11.5. The number of nitrogens with zero attached hydrogens (tertiary/aromatic N) is 3. The number of imidazole rings is 1. The van der Waals surface area contributed by atoms with Gasteiger partial charge in [0.15, 0.2) is 10.6 Å². The molecule has 2 aromatic heterocycles. The molecule has 0 bridgehead atoms. The highest BCUT2D eigenvalue weighted by atomic mass is 32.1. The molecular weight excluding hydrogens is 290 g/mol. The summed E-state index contributed by atoms with van der Waals surface area (Å²) in [6.07, 6.45) is 1.59. The zero-order chi connectivity index (χ0) is 15.0. The topological polar surface area (TPSA) is 68.7 Å². The van der Waals surface area contributed by atoms with E-state index in [0.29, 0.717) is 16.2 Å². The molecular formula is C14H9N3O3S. The van der Waals surface area contributed by atoms with E-state index in [4.69, 9.17) is 6.57 Å². The highest BCUT2D eigenvalue weighted by molar-refractivity contribution is 7.16. The van der Waals surface area contributed by atoms with Gasteiger partial charge in [0.25, 0.3) is 0 Å². The number of benzene rings is 1. The Morgan fingerprint density at radius 3 is 3.00 bits per heavy atom. The lowest BCUT2D eigenvalue weighted by Crippen LogP contribution is -1.97. The molecule has 0 atom stereocenters. The number of carbonyl (C=O) groups is 1. The van der Waals surface area contributed by atoms with Gasteiger partial charge in [-0.3, -0.25) is 4.57 Å². The minimum absolute atomic E-state index is 0.124. The van der Waals surface area contributed by atoms with Gasteiger partial charge >= 0.3 is 5.97 Å². The Kier molecular flexibility index (Phi) is 3.08. The number of aromatic hydroxyl groups is 1. The van der Waals surface area contributed by atoms with Crippen LogP contribution in [0.2, 0.25) is 0 Å². The molecule has 0 aliphatic carbocycles.